The highest BCUT2D eigenvalue weighted by Gasteiger charge is 2.28. The van der Waals surface area contributed by atoms with E-state index < -0.39 is 0 Å². The molecule has 0 unspecified atom stereocenters. The minimum Gasteiger partial charge on any atom is -0.455 e. The highest BCUT2D eigenvalue weighted by Crippen LogP contribution is 2.46. The molecule has 272 valence electrons. The second-order valence-electron chi connectivity index (χ2n) is 16.5. The molecule has 4 heterocycles. The van der Waals surface area contributed by atoms with Gasteiger partial charge in [0.15, 0.2) is 0 Å². The number of nitrogens with zero attached hydrogens (tertiary/aromatic N) is 4. The third-order valence-corrected chi connectivity index (χ3v) is 12.0. The molecule has 4 aromatic heterocycles. The molecule has 6 heteroatoms. The molecule has 0 radical (unpaired) electrons. The molecule has 11 aromatic rings. The van der Waals surface area contributed by atoms with Crippen LogP contribution in [-0.4, -0.2) is 9.13 Å². The Hall–Kier alpha value is -7.28. The number of nitriles is 2. The van der Waals surface area contributed by atoms with Crippen LogP contribution in [0.25, 0.3) is 98.9 Å². The zero-order chi connectivity index (χ0) is 38.9. The molecule has 0 N–H and O–H groups in total. The topological polar surface area (TPSA) is 83.7 Å². The van der Waals surface area contributed by atoms with Gasteiger partial charge in [-0.3, -0.25) is 0 Å². The van der Waals surface area contributed by atoms with Crippen LogP contribution in [0.5, 0.6) is 0 Å². The summed E-state index contributed by atoms with van der Waals surface area (Å²) in [5.74, 6) is 0.292. The van der Waals surface area contributed by atoms with Crippen molar-refractivity contribution < 1.29 is 8.83 Å². The molecular weight excluding hydrogens is 701 g/mol. The van der Waals surface area contributed by atoms with Crippen molar-refractivity contribution >= 4 is 87.5 Å². The smallest absolute Gasteiger partial charge is 0.145 e. The number of aromatic nitrogens is 2. The standard InChI is InChI=1S/C51H36N4O2/c1-28(2)29-14-19-40-36(24-29)46-42(23-18-35-33-11-7-8-12-44(33)56-49(35)46)55(40)48-38(27-53)30(26-52)15-20-43(48)54-39-21-16-31(51(3,4)5)25-37(39)47-41(54)22-17-34-32-10-6-9-13-45(32)57-50(34)47/h6-25,28H,1-5H3. The average molecular weight is 737 g/mol. The van der Waals surface area contributed by atoms with E-state index in [0.29, 0.717) is 22.7 Å². The van der Waals surface area contributed by atoms with Crippen LogP contribution >= 0.6 is 0 Å². The average Bonchev–Trinajstić information content (AvgIpc) is 3.96. The fourth-order valence-corrected chi connectivity index (χ4v) is 9.11. The molecule has 11 rings (SSSR count). The van der Waals surface area contributed by atoms with Gasteiger partial charge in [-0.05, 0) is 95.3 Å². The van der Waals surface area contributed by atoms with Gasteiger partial charge >= 0.3 is 0 Å². The van der Waals surface area contributed by atoms with Gasteiger partial charge in [0.25, 0.3) is 0 Å². The molecule has 6 nitrogen and oxygen atoms in total. The fraction of sp³-hybridized carbons (Fsp3) is 0.137. The number of benzene rings is 7. The van der Waals surface area contributed by atoms with Crippen molar-refractivity contribution in [2.45, 2.75) is 46.0 Å². The summed E-state index contributed by atoms with van der Waals surface area (Å²) in [7, 11) is 0. The van der Waals surface area contributed by atoms with Gasteiger partial charge in [-0.25, -0.2) is 0 Å². The van der Waals surface area contributed by atoms with E-state index in [1.807, 2.05) is 42.5 Å². The van der Waals surface area contributed by atoms with Crippen LogP contribution in [0, 0.1) is 22.7 Å². The molecule has 0 saturated carbocycles. The first-order chi connectivity index (χ1) is 27.7. The largest absolute Gasteiger partial charge is 0.455 e. The second-order valence-corrected chi connectivity index (χ2v) is 16.5. The van der Waals surface area contributed by atoms with Gasteiger partial charge in [-0.2, -0.15) is 10.5 Å². The summed E-state index contributed by atoms with van der Waals surface area (Å²) in [4.78, 5) is 0. The monoisotopic (exact) mass is 736 g/mol. The molecule has 0 aliphatic carbocycles. The summed E-state index contributed by atoms with van der Waals surface area (Å²) in [5.41, 5.74) is 11.3. The summed E-state index contributed by atoms with van der Waals surface area (Å²) in [5, 5.41) is 29.9. The van der Waals surface area contributed by atoms with Gasteiger partial charge in [0.05, 0.1) is 55.3 Å². The molecule has 0 aliphatic rings. The maximum atomic E-state index is 11.1. The van der Waals surface area contributed by atoms with E-state index in [1.54, 1.807) is 6.07 Å². The first-order valence-corrected chi connectivity index (χ1v) is 19.4. The predicted octanol–water partition coefficient (Wildman–Crippen LogP) is 13.8. The van der Waals surface area contributed by atoms with Crippen molar-refractivity contribution in [2.24, 2.45) is 0 Å². The van der Waals surface area contributed by atoms with Crippen LogP contribution in [0.3, 0.4) is 0 Å². The van der Waals surface area contributed by atoms with Gasteiger partial charge in [0.1, 0.15) is 34.5 Å². The molecule has 0 spiro atoms. The summed E-state index contributed by atoms with van der Waals surface area (Å²) in [6.45, 7) is 11.1. The zero-order valence-corrected chi connectivity index (χ0v) is 32.2. The summed E-state index contributed by atoms with van der Waals surface area (Å²) >= 11 is 0. The van der Waals surface area contributed by atoms with Crippen molar-refractivity contribution in [3.8, 4) is 23.5 Å². The van der Waals surface area contributed by atoms with Crippen LogP contribution in [-0.2, 0) is 5.41 Å². The number of hydrogen-bond acceptors (Lipinski definition) is 4. The van der Waals surface area contributed by atoms with Gasteiger partial charge in [0, 0.05) is 32.3 Å². The molecule has 0 saturated heterocycles. The van der Waals surface area contributed by atoms with Crippen molar-refractivity contribution in [1.29, 1.82) is 10.5 Å². The van der Waals surface area contributed by atoms with Crippen LogP contribution < -0.4 is 0 Å². The highest BCUT2D eigenvalue weighted by atomic mass is 16.3. The number of para-hydroxylation sites is 2. The van der Waals surface area contributed by atoms with Crippen molar-refractivity contribution in [1.82, 2.24) is 9.13 Å². The van der Waals surface area contributed by atoms with Crippen molar-refractivity contribution in [3.63, 3.8) is 0 Å². The zero-order valence-electron chi connectivity index (χ0n) is 32.2. The summed E-state index contributed by atoms with van der Waals surface area (Å²) in [6, 6.07) is 46.8. The second kappa shape index (κ2) is 11.6. The lowest BCUT2D eigenvalue weighted by Gasteiger charge is -2.20. The Labute approximate surface area is 327 Å². The van der Waals surface area contributed by atoms with E-state index in [0.717, 1.165) is 93.2 Å². The molecule has 0 aliphatic heterocycles. The van der Waals surface area contributed by atoms with Crippen LogP contribution in [0.4, 0.5) is 0 Å². The maximum absolute atomic E-state index is 11.1. The highest BCUT2D eigenvalue weighted by molar-refractivity contribution is 6.26. The molecule has 57 heavy (non-hydrogen) atoms. The molecule has 7 aromatic carbocycles. The van der Waals surface area contributed by atoms with Crippen molar-refractivity contribution in [2.75, 3.05) is 0 Å². The lowest BCUT2D eigenvalue weighted by Crippen LogP contribution is -2.10. The number of rotatable bonds is 3. The Morgan fingerprint density at radius 3 is 1.70 bits per heavy atom. The van der Waals surface area contributed by atoms with E-state index in [-0.39, 0.29) is 5.41 Å². The van der Waals surface area contributed by atoms with Crippen molar-refractivity contribution in [3.05, 3.63) is 144 Å². The van der Waals surface area contributed by atoms with E-state index in [4.69, 9.17) is 8.83 Å². The maximum Gasteiger partial charge on any atom is 0.145 e. The minimum atomic E-state index is -0.0994. The SMILES string of the molecule is CC(C)c1ccc2c(c1)c1c3oc4ccccc4c3ccc1n2-c1c(-n2c3ccc(C(C)(C)C)cc3c3c4oc5ccccc5c4ccc32)ccc(C#N)c1C#N. The van der Waals surface area contributed by atoms with E-state index in [2.05, 4.69) is 129 Å². The van der Waals surface area contributed by atoms with Gasteiger partial charge in [-0.15, -0.1) is 0 Å². The van der Waals surface area contributed by atoms with Crippen LogP contribution in [0.2, 0.25) is 0 Å². The molecular formula is C51H36N4O2. The van der Waals surface area contributed by atoms with E-state index in [1.165, 1.54) is 11.1 Å². The lowest BCUT2D eigenvalue weighted by atomic mass is 9.86. The Morgan fingerprint density at radius 1 is 0.544 bits per heavy atom. The number of furan rings is 2. The molecule has 0 amide bonds. The predicted molar refractivity (Wildman–Crippen MR) is 232 cm³/mol. The first kappa shape index (κ1) is 33.1. The normalized spacial score (nSPS) is 12.4. The Morgan fingerprint density at radius 2 is 1.11 bits per heavy atom. The third-order valence-electron chi connectivity index (χ3n) is 12.0. The van der Waals surface area contributed by atoms with Crippen LogP contribution in [0.1, 0.15) is 62.8 Å². The van der Waals surface area contributed by atoms with E-state index in [9.17, 15) is 10.5 Å². The quantitative estimate of drug-likeness (QED) is 0.181. The molecule has 0 atom stereocenters. The van der Waals surface area contributed by atoms with Gasteiger partial charge in [-0.1, -0.05) is 83.1 Å². The fourth-order valence-electron chi connectivity index (χ4n) is 9.11. The first-order valence-electron chi connectivity index (χ1n) is 19.4. The molecule has 0 fully saturated rings. The minimum absolute atomic E-state index is 0.0994. The lowest BCUT2D eigenvalue weighted by molar-refractivity contribution is 0.591. The summed E-state index contributed by atoms with van der Waals surface area (Å²) in [6.07, 6.45) is 0. The Bertz CT molecular complexity index is 3620. The van der Waals surface area contributed by atoms with Gasteiger partial charge < -0.3 is 18.0 Å². The Kier molecular flexibility index (Phi) is 6.74. The van der Waals surface area contributed by atoms with E-state index >= 15 is 0 Å². The van der Waals surface area contributed by atoms with Gasteiger partial charge in [0.2, 0.25) is 0 Å². The van der Waals surface area contributed by atoms with Crippen LogP contribution in [0.15, 0.2) is 130 Å². The molecule has 0 bridgehead atoms. The summed E-state index contributed by atoms with van der Waals surface area (Å²) < 4.78 is 17.8. The number of hydrogen-bond donors (Lipinski definition) is 0. The third kappa shape index (κ3) is 4.50. The Balaban J connectivity index is 1.34. The number of fused-ring (bicyclic) bond motifs is 14.